The SMILES string of the molecule is COC(=O)C1=C(C)N=c2sc(=Cc3ccc(-c4ccccc4[N+](=O)[O-])o3)c(=O)n2[C@H]1c1ccccc1Cl. The molecule has 4 aromatic rings. The number of ether oxygens (including phenoxy) is 1. The summed E-state index contributed by atoms with van der Waals surface area (Å²) in [6.07, 6.45) is 1.54. The van der Waals surface area contributed by atoms with Crippen LogP contribution >= 0.6 is 22.9 Å². The van der Waals surface area contributed by atoms with Crippen LogP contribution in [-0.4, -0.2) is 22.6 Å². The van der Waals surface area contributed by atoms with Gasteiger partial charge >= 0.3 is 5.97 Å². The summed E-state index contributed by atoms with van der Waals surface area (Å²) < 4.78 is 12.6. The number of methoxy groups -OCH3 is 1. The van der Waals surface area contributed by atoms with E-state index in [4.69, 9.17) is 20.8 Å². The van der Waals surface area contributed by atoms with Crippen molar-refractivity contribution in [1.29, 1.82) is 0 Å². The summed E-state index contributed by atoms with van der Waals surface area (Å²) in [6, 6.07) is 15.6. The second-order valence-corrected chi connectivity index (χ2v) is 9.49. The lowest BCUT2D eigenvalue weighted by molar-refractivity contribution is -0.384. The zero-order valence-electron chi connectivity index (χ0n) is 19.5. The molecule has 0 N–H and O–H groups in total. The molecule has 0 fully saturated rings. The molecule has 0 radical (unpaired) electrons. The number of rotatable bonds is 5. The number of benzene rings is 2. The van der Waals surface area contributed by atoms with E-state index in [-0.39, 0.29) is 11.3 Å². The van der Waals surface area contributed by atoms with Crippen LogP contribution in [0.25, 0.3) is 17.4 Å². The Morgan fingerprint density at radius 1 is 1.19 bits per heavy atom. The number of carbonyl (C=O) groups is 1. The fourth-order valence-electron chi connectivity index (χ4n) is 4.23. The minimum atomic E-state index is -0.835. The molecule has 11 heteroatoms. The van der Waals surface area contributed by atoms with Crippen LogP contribution in [0.4, 0.5) is 5.69 Å². The number of esters is 1. The smallest absolute Gasteiger partial charge is 0.338 e. The van der Waals surface area contributed by atoms with E-state index in [1.165, 1.54) is 17.7 Å². The molecule has 0 bridgehead atoms. The predicted octanol–water partition coefficient (Wildman–Crippen LogP) is 4.23. The van der Waals surface area contributed by atoms with E-state index in [1.807, 2.05) is 0 Å². The van der Waals surface area contributed by atoms with Crippen molar-refractivity contribution < 1.29 is 18.9 Å². The molecule has 2 aromatic carbocycles. The van der Waals surface area contributed by atoms with Gasteiger partial charge in [-0.05, 0) is 36.8 Å². The number of para-hydroxylation sites is 1. The lowest BCUT2D eigenvalue weighted by Gasteiger charge is -2.25. The summed E-state index contributed by atoms with van der Waals surface area (Å²) in [7, 11) is 1.27. The highest BCUT2D eigenvalue weighted by Gasteiger charge is 2.34. The Hall–Kier alpha value is -4.28. The molecule has 0 aliphatic carbocycles. The van der Waals surface area contributed by atoms with E-state index in [0.717, 1.165) is 11.3 Å². The molecule has 0 saturated heterocycles. The summed E-state index contributed by atoms with van der Waals surface area (Å²) in [5.41, 5.74) is 1.03. The Bertz CT molecular complexity index is 1780. The second kappa shape index (κ2) is 9.64. The molecule has 9 nitrogen and oxygen atoms in total. The highest BCUT2D eigenvalue weighted by atomic mass is 35.5. The maximum absolute atomic E-state index is 13.6. The molecule has 1 atom stereocenters. The van der Waals surface area contributed by atoms with E-state index in [1.54, 1.807) is 67.6 Å². The van der Waals surface area contributed by atoms with Crippen LogP contribution in [0.3, 0.4) is 0 Å². The Morgan fingerprint density at radius 3 is 2.65 bits per heavy atom. The molecule has 2 aromatic heterocycles. The van der Waals surface area contributed by atoms with Crippen molar-refractivity contribution in [3.63, 3.8) is 0 Å². The Balaban J connectivity index is 1.66. The van der Waals surface area contributed by atoms with Crippen LogP contribution in [0.15, 0.2) is 86.1 Å². The predicted molar refractivity (Wildman–Crippen MR) is 138 cm³/mol. The minimum Gasteiger partial charge on any atom is -0.466 e. The van der Waals surface area contributed by atoms with E-state index in [2.05, 4.69) is 4.99 Å². The van der Waals surface area contributed by atoms with Gasteiger partial charge in [0.25, 0.3) is 11.2 Å². The number of allylic oxidation sites excluding steroid dienone is 1. The van der Waals surface area contributed by atoms with Gasteiger partial charge in [0.05, 0.1) is 33.4 Å². The molecule has 186 valence electrons. The maximum atomic E-state index is 13.6. The van der Waals surface area contributed by atoms with Gasteiger partial charge in [-0.25, -0.2) is 9.79 Å². The molecular weight excluding hydrogens is 518 g/mol. The quantitative estimate of drug-likeness (QED) is 0.214. The Morgan fingerprint density at radius 2 is 1.92 bits per heavy atom. The number of furan rings is 1. The van der Waals surface area contributed by atoms with Crippen LogP contribution in [0.5, 0.6) is 0 Å². The first kappa shape index (κ1) is 24.4. The van der Waals surface area contributed by atoms with Gasteiger partial charge in [-0.15, -0.1) is 0 Å². The first-order chi connectivity index (χ1) is 17.8. The van der Waals surface area contributed by atoms with Crippen molar-refractivity contribution >= 4 is 40.7 Å². The van der Waals surface area contributed by atoms with E-state index < -0.39 is 22.5 Å². The molecule has 0 spiro atoms. The molecule has 37 heavy (non-hydrogen) atoms. The van der Waals surface area contributed by atoms with E-state index in [9.17, 15) is 19.7 Å². The summed E-state index contributed by atoms with van der Waals surface area (Å²) in [5, 5.41) is 11.8. The number of aromatic nitrogens is 1. The summed E-state index contributed by atoms with van der Waals surface area (Å²) >= 11 is 7.61. The fourth-order valence-corrected chi connectivity index (χ4v) is 5.50. The normalized spacial score (nSPS) is 15.3. The third kappa shape index (κ3) is 4.30. The number of nitro benzene ring substituents is 1. The number of nitro groups is 1. The molecule has 3 heterocycles. The monoisotopic (exact) mass is 535 g/mol. The van der Waals surface area contributed by atoms with Crippen LogP contribution < -0.4 is 14.9 Å². The zero-order valence-corrected chi connectivity index (χ0v) is 21.1. The number of nitrogens with zero attached hydrogens (tertiary/aromatic N) is 3. The van der Waals surface area contributed by atoms with Gasteiger partial charge in [0.15, 0.2) is 4.80 Å². The van der Waals surface area contributed by atoms with Crippen LogP contribution in [0, 0.1) is 10.1 Å². The van der Waals surface area contributed by atoms with Crippen LogP contribution in [0.1, 0.15) is 24.3 Å². The van der Waals surface area contributed by atoms with Crippen molar-refractivity contribution in [3.05, 3.63) is 118 Å². The van der Waals surface area contributed by atoms with Gasteiger partial charge in [-0.2, -0.15) is 0 Å². The average Bonchev–Trinajstić information content (AvgIpc) is 3.47. The van der Waals surface area contributed by atoms with Gasteiger partial charge in [-0.1, -0.05) is 53.3 Å². The molecule has 1 aliphatic heterocycles. The molecule has 1 aliphatic rings. The molecule has 0 unspecified atom stereocenters. The van der Waals surface area contributed by atoms with Crippen LogP contribution in [0.2, 0.25) is 5.02 Å². The molecule has 0 saturated carbocycles. The largest absolute Gasteiger partial charge is 0.466 e. The standard InChI is InChI=1S/C26H18ClN3O6S/c1-14-22(25(32)35-2)23(16-7-3-5-9-18(16)27)29-24(31)21(37-26(29)28-14)13-15-11-12-20(36-15)17-8-4-6-10-19(17)30(33)34/h3-13,23H,1-2H3/t23-/m0/s1. The number of hydrogen-bond acceptors (Lipinski definition) is 8. The first-order valence-corrected chi connectivity index (χ1v) is 12.2. The summed E-state index contributed by atoms with van der Waals surface area (Å²) in [4.78, 5) is 42.2. The van der Waals surface area contributed by atoms with Crippen molar-refractivity contribution in [2.45, 2.75) is 13.0 Å². The van der Waals surface area contributed by atoms with Crippen molar-refractivity contribution in [3.8, 4) is 11.3 Å². The number of halogens is 1. The Labute approximate surface area is 218 Å². The van der Waals surface area contributed by atoms with Gasteiger partial charge < -0.3 is 9.15 Å². The summed E-state index contributed by atoms with van der Waals surface area (Å²) in [5.74, 6) is 0.0151. The average molecular weight is 536 g/mol. The number of thiazole rings is 1. The number of fused-ring (bicyclic) bond motifs is 1. The van der Waals surface area contributed by atoms with E-state index in [0.29, 0.717) is 42.7 Å². The van der Waals surface area contributed by atoms with Gasteiger partial charge in [0.2, 0.25) is 0 Å². The van der Waals surface area contributed by atoms with Gasteiger partial charge in [0, 0.05) is 17.2 Å². The zero-order chi connectivity index (χ0) is 26.3. The highest BCUT2D eigenvalue weighted by Crippen LogP contribution is 2.34. The third-order valence-corrected chi connectivity index (χ3v) is 7.22. The topological polar surface area (TPSA) is 117 Å². The second-order valence-electron chi connectivity index (χ2n) is 8.07. The third-order valence-electron chi connectivity index (χ3n) is 5.89. The van der Waals surface area contributed by atoms with Gasteiger partial charge in [-0.3, -0.25) is 19.5 Å². The van der Waals surface area contributed by atoms with E-state index >= 15 is 0 Å². The van der Waals surface area contributed by atoms with Crippen molar-refractivity contribution in [1.82, 2.24) is 4.57 Å². The van der Waals surface area contributed by atoms with Crippen molar-refractivity contribution in [2.24, 2.45) is 4.99 Å². The lowest BCUT2D eigenvalue weighted by Crippen LogP contribution is -2.39. The van der Waals surface area contributed by atoms with Crippen molar-refractivity contribution in [2.75, 3.05) is 7.11 Å². The summed E-state index contributed by atoms with van der Waals surface area (Å²) in [6.45, 7) is 1.68. The maximum Gasteiger partial charge on any atom is 0.338 e. The molecule has 5 rings (SSSR count). The van der Waals surface area contributed by atoms with Crippen LogP contribution in [-0.2, 0) is 9.53 Å². The minimum absolute atomic E-state index is 0.0895. The first-order valence-electron chi connectivity index (χ1n) is 11.0. The number of hydrogen-bond donors (Lipinski definition) is 0. The number of carbonyl (C=O) groups excluding carboxylic acids is 1. The lowest BCUT2D eigenvalue weighted by atomic mass is 9.96. The fraction of sp³-hybridized carbons (Fsp3) is 0.115. The molecular formula is C26H18ClN3O6S. The Kier molecular flexibility index (Phi) is 6.36. The van der Waals surface area contributed by atoms with Gasteiger partial charge in [0.1, 0.15) is 17.6 Å². The molecule has 0 amide bonds. The highest BCUT2D eigenvalue weighted by molar-refractivity contribution is 7.07.